The summed E-state index contributed by atoms with van der Waals surface area (Å²) in [4.78, 5) is 17.4. The first-order chi connectivity index (χ1) is 10.5. The van der Waals surface area contributed by atoms with Gasteiger partial charge in [0.15, 0.2) is 0 Å². The third-order valence-electron chi connectivity index (χ3n) is 4.29. The molecule has 0 aliphatic rings. The van der Waals surface area contributed by atoms with E-state index in [9.17, 15) is 4.79 Å². The number of ether oxygens (including phenoxy) is 1. The van der Waals surface area contributed by atoms with Gasteiger partial charge < -0.3 is 4.74 Å². The standard InChI is InChI=1S/C19H19NO2/c1-10-6-8-12(3)17-14(10)16(19(21)22-5)15-11(2)7-9-13(4)18(15)20-17/h6-9H,1-5H3. The van der Waals surface area contributed by atoms with E-state index in [1.807, 2.05) is 52.0 Å². The molecule has 0 radical (unpaired) electrons. The van der Waals surface area contributed by atoms with Gasteiger partial charge >= 0.3 is 5.97 Å². The number of hydrogen-bond donors (Lipinski definition) is 0. The summed E-state index contributed by atoms with van der Waals surface area (Å²) in [6, 6.07) is 8.15. The number of methoxy groups -OCH3 is 1. The minimum Gasteiger partial charge on any atom is -0.465 e. The van der Waals surface area contributed by atoms with Crippen LogP contribution in [-0.2, 0) is 4.74 Å². The predicted molar refractivity (Wildman–Crippen MR) is 89.5 cm³/mol. The first-order valence-electron chi connectivity index (χ1n) is 7.34. The third-order valence-corrected chi connectivity index (χ3v) is 4.29. The van der Waals surface area contributed by atoms with E-state index in [0.29, 0.717) is 5.56 Å². The number of aryl methyl sites for hydroxylation is 4. The number of esters is 1. The number of fused-ring (bicyclic) bond motifs is 2. The molecule has 0 unspecified atom stereocenters. The Morgan fingerprint density at radius 1 is 0.818 bits per heavy atom. The monoisotopic (exact) mass is 293 g/mol. The minimum atomic E-state index is -0.306. The molecule has 0 spiro atoms. The van der Waals surface area contributed by atoms with Crippen molar-refractivity contribution in [2.75, 3.05) is 7.11 Å². The zero-order valence-corrected chi connectivity index (χ0v) is 13.6. The van der Waals surface area contributed by atoms with Gasteiger partial charge in [0.05, 0.1) is 23.7 Å². The first kappa shape index (κ1) is 14.5. The normalized spacial score (nSPS) is 11.1. The maximum Gasteiger partial charge on any atom is 0.339 e. The highest BCUT2D eigenvalue weighted by molar-refractivity contribution is 6.16. The Morgan fingerprint density at radius 2 is 1.23 bits per heavy atom. The van der Waals surface area contributed by atoms with E-state index >= 15 is 0 Å². The molecule has 0 bridgehead atoms. The van der Waals surface area contributed by atoms with Crippen molar-refractivity contribution >= 4 is 27.8 Å². The number of carbonyl (C=O) groups is 1. The van der Waals surface area contributed by atoms with Gasteiger partial charge in [-0.25, -0.2) is 9.78 Å². The van der Waals surface area contributed by atoms with E-state index in [2.05, 4.69) is 0 Å². The molecule has 0 aliphatic heterocycles. The Kier molecular flexibility index (Phi) is 3.36. The SMILES string of the molecule is COC(=O)c1c2c(C)ccc(C)c2nc2c(C)ccc(C)c12. The summed E-state index contributed by atoms with van der Waals surface area (Å²) >= 11 is 0. The second-order valence-corrected chi connectivity index (χ2v) is 5.82. The number of carbonyl (C=O) groups excluding carboxylic acids is 1. The molecule has 112 valence electrons. The van der Waals surface area contributed by atoms with Crippen molar-refractivity contribution in [2.24, 2.45) is 0 Å². The van der Waals surface area contributed by atoms with Crippen LogP contribution in [0, 0.1) is 27.7 Å². The molecule has 22 heavy (non-hydrogen) atoms. The molecule has 0 fully saturated rings. The largest absolute Gasteiger partial charge is 0.465 e. The summed E-state index contributed by atoms with van der Waals surface area (Å²) in [7, 11) is 1.43. The predicted octanol–water partition coefficient (Wildman–Crippen LogP) is 4.41. The number of benzene rings is 2. The number of nitrogens with zero attached hydrogens (tertiary/aromatic N) is 1. The van der Waals surface area contributed by atoms with E-state index in [1.54, 1.807) is 0 Å². The van der Waals surface area contributed by atoms with E-state index in [0.717, 1.165) is 44.1 Å². The number of pyridine rings is 1. The van der Waals surface area contributed by atoms with Crippen LogP contribution in [0.3, 0.4) is 0 Å². The molecule has 3 aromatic rings. The van der Waals surface area contributed by atoms with Crippen LogP contribution in [0.2, 0.25) is 0 Å². The van der Waals surface area contributed by atoms with Crippen LogP contribution in [-0.4, -0.2) is 18.1 Å². The van der Waals surface area contributed by atoms with Crippen LogP contribution < -0.4 is 0 Å². The smallest absolute Gasteiger partial charge is 0.339 e. The van der Waals surface area contributed by atoms with Crippen LogP contribution in [0.5, 0.6) is 0 Å². The van der Waals surface area contributed by atoms with Crippen LogP contribution >= 0.6 is 0 Å². The van der Waals surface area contributed by atoms with E-state index in [1.165, 1.54) is 7.11 Å². The maximum absolute atomic E-state index is 12.5. The molecular weight excluding hydrogens is 274 g/mol. The van der Waals surface area contributed by atoms with Gasteiger partial charge in [0.25, 0.3) is 0 Å². The summed E-state index contributed by atoms with van der Waals surface area (Å²) in [6.07, 6.45) is 0. The molecule has 0 saturated carbocycles. The molecule has 3 heteroatoms. The van der Waals surface area contributed by atoms with Crippen molar-refractivity contribution in [3.63, 3.8) is 0 Å². The van der Waals surface area contributed by atoms with Crippen molar-refractivity contribution in [1.29, 1.82) is 0 Å². The lowest BCUT2D eigenvalue weighted by molar-refractivity contribution is 0.0605. The first-order valence-corrected chi connectivity index (χ1v) is 7.34. The van der Waals surface area contributed by atoms with Gasteiger partial charge in [0.2, 0.25) is 0 Å². The average Bonchev–Trinajstić information content (AvgIpc) is 2.52. The highest BCUT2D eigenvalue weighted by Crippen LogP contribution is 2.33. The van der Waals surface area contributed by atoms with Gasteiger partial charge in [-0.3, -0.25) is 0 Å². The van der Waals surface area contributed by atoms with Crippen molar-refractivity contribution in [2.45, 2.75) is 27.7 Å². The summed E-state index contributed by atoms with van der Waals surface area (Å²) in [5.41, 5.74) is 6.59. The maximum atomic E-state index is 12.5. The molecule has 2 aromatic carbocycles. The van der Waals surface area contributed by atoms with E-state index < -0.39 is 0 Å². The lowest BCUT2D eigenvalue weighted by Gasteiger charge is -2.15. The van der Waals surface area contributed by atoms with E-state index in [4.69, 9.17) is 9.72 Å². The Hall–Kier alpha value is -2.42. The third kappa shape index (κ3) is 1.97. The molecule has 0 N–H and O–H groups in total. The fourth-order valence-electron chi connectivity index (χ4n) is 3.05. The summed E-state index contributed by atoms with van der Waals surface area (Å²) in [6.45, 7) is 8.05. The fraction of sp³-hybridized carbons (Fsp3) is 0.263. The lowest BCUT2D eigenvalue weighted by atomic mass is 9.93. The molecule has 3 rings (SSSR count). The molecule has 0 atom stereocenters. The average molecular weight is 293 g/mol. The molecule has 0 saturated heterocycles. The zero-order chi connectivity index (χ0) is 16.0. The number of aromatic nitrogens is 1. The highest BCUT2D eigenvalue weighted by atomic mass is 16.5. The van der Waals surface area contributed by atoms with Gasteiger partial charge in [-0.15, -0.1) is 0 Å². The minimum absolute atomic E-state index is 0.306. The van der Waals surface area contributed by atoms with Crippen LogP contribution in [0.15, 0.2) is 24.3 Å². The highest BCUT2D eigenvalue weighted by Gasteiger charge is 2.21. The van der Waals surface area contributed by atoms with Gasteiger partial charge in [0, 0.05) is 10.8 Å². The van der Waals surface area contributed by atoms with Crippen LogP contribution in [0.1, 0.15) is 32.6 Å². The molecule has 0 amide bonds. The van der Waals surface area contributed by atoms with Crippen molar-refractivity contribution in [3.05, 3.63) is 52.1 Å². The molecule has 1 heterocycles. The zero-order valence-electron chi connectivity index (χ0n) is 13.6. The van der Waals surface area contributed by atoms with Gasteiger partial charge in [-0.05, 0) is 49.9 Å². The van der Waals surface area contributed by atoms with Crippen LogP contribution in [0.25, 0.3) is 21.8 Å². The van der Waals surface area contributed by atoms with Crippen molar-refractivity contribution in [3.8, 4) is 0 Å². The van der Waals surface area contributed by atoms with E-state index in [-0.39, 0.29) is 5.97 Å². The fourth-order valence-corrected chi connectivity index (χ4v) is 3.05. The quantitative estimate of drug-likeness (QED) is 0.493. The second kappa shape index (κ2) is 5.09. The Bertz CT molecular complexity index is 860. The Morgan fingerprint density at radius 3 is 1.64 bits per heavy atom. The Labute approximate surface area is 129 Å². The molecular formula is C19H19NO2. The van der Waals surface area contributed by atoms with Crippen molar-refractivity contribution in [1.82, 2.24) is 4.98 Å². The van der Waals surface area contributed by atoms with Crippen molar-refractivity contribution < 1.29 is 9.53 Å². The summed E-state index contributed by atoms with van der Waals surface area (Å²) in [5, 5.41) is 1.79. The van der Waals surface area contributed by atoms with Gasteiger partial charge in [0.1, 0.15) is 0 Å². The molecule has 1 aromatic heterocycles. The van der Waals surface area contributed by atoms with Gasteiger partial charge in [-0.1, -0.05) is 24.3 Å². The summed E-state index contributed by atoms with van der Waals surface area (Å²) < 4.78 is 5.08. The van der Waals surface area contributed by atoms with Gasteiger partial charge in [-0.2, -0.15) is 0 Å². The Balaban J connectivity index is 2.70. The lowest BCUT2D eigenvalue weighted by Crippen LogP contribution is -2.07. The topological polar surface area (TPSA) is 39.2 Å². The molecule has 3 nitrogen and oxygen atoms in total. The second-order valence-electron chi connectivity index (χ2n) is 5.82. The van der Waals surface area contributed by atoms with Crippen LogP contribution in [0.4, 0.5) is 0 Å². The summed E-state index contributed by atoms with van der Waals surface area (Å²) in [5.74, 6) is -0.306. The number of rotatable bonds is 1. The molecule has 0 aliphatic carbocycles. The number of hydrogen-bond acceptors (Lipinski definition) is 3.